The normalized spacial score (nSPS) is 33.1. The van der Waals surface area contributed by atoms with Crippen molar-refractivity contribution >= 4 is 9.84 Å². The molecule has 1 aliphatic carbocycles. The Morgan fingerprint density at radius 2 is 1.88 bits per heavy atom. The summed E-state index contributed by atoms with van der Waals surface area (Å²) in [5, 5.41) is -0.325. The molecule has 0 aromatic heterocycles. The van der Waals surface area contributed by atoms with Crippen LogP contribution in [0.1, 0.15) is 19.3 Å². The molecular weight excluding hydrogens is 224 g/mol. The van der Waals surface area contributed by atoms with Crippen LogP contribution in [0.3, 0.4) is 0 Å². The molecule has 2 aliphatic rings. The monoisotopic (exact) mass is 238 g/mol. The minimum Gasteiger partial charge on any atom is -0.368 e. The zero-order valence-corrected chi connectivity index (χ0v) is 9.69. The second-order valence-electron chi connectivity index (χ2n) is 4.47. The van der Waals surface area contributed by atoms with Crippen LogP contribution in [0, 0.1) is 0 Å². The third-order valence-electron chi connectivity index (χ3n) is 3.44. The van der Waals surface area contributed by atoms with E-state index in [9.17, 15) is 8.42 Å². The second kappa shape index (κ2) is 3.57. The molecule has 1 heterocycles. The van der Waals surface area contributed by atoms with Gasteiger partial charge in [-0.3, -0.25) is 0 Å². The lowest BCUT2D eigenvalue weighted by Crippen LogP contribution is -2.31. The van der Waals surface area contributed by atoms with E-state index in [1.807, 2.05) is 6.07 Å². The first-order chi connectivity index (χ1) is 7.69. The number of ether oxygens (including phenoxy) is 1. The summed E-state index contributed by atoms with van der Waals surface area (Å²) in [7, 11) is -3.19. The molecule has 3 nitrogen and oxygen atoms in total. The Morgan fingerprint density at radius 3 is 2.62 bits per heavy atom. The van der Waals surface area contributed by atoms with Gasteiger partial charge in [-0.15, -0.1) is 0 Å². The highest BCUT2D eigenvalue weighted by Gasteiger charge is 2.52. The highest BCUT2D eigenvalue weighted by Crippen LogP contribution is 2.41. The number of hydrogen-bond acceptors (Lipinski definition) is 3. The highest BCUT2D eigenvalue weighted by molar-refractivity contribution is 7.92. The van der Waals surface area contributed by atoms with Crippen LogP contribution in [-0.4, -0.2) is 25.9 Å². The molecule has 16 heavy (non-hydrogen) atoms. The van der Waals surface area contributed by atoms with Crippen LogP contribution in [0.4, 0.5) is 0 Å². The Labute approximate surface area is 95.3 Å². The highest BCUT2D eigenvalue weighted by atomic mass is 32.2. The molecule has 0 spiro atoms. The van der Waals surface area contributed by atoms with Crippen LogP contribution in [0.25, 0.3) is 0 Å². The fraction of sp³-hybridized carbons (Fsp3) is 0.500. The van der Waals surface area contributed by atoms with Crippen molar-refractivity contribution in [3.05, 3.63) is 30.3 Å². The topological polar surface area (TPSA) is 46.7 Å². The van der Waals surface area contributed by atoms with Gasteiger partial charge in [0.2, 0.25) is 0 Å². The number of benzene rings is 1. The molecule has 4 heteroatoms. The minimum atomic E-state index is -3.19. The van der Waals surface area contributed by atoms with E-state index in [0.717, 1.165) is 19.3 Å². The van der Waals surface area contributed by atoms with Crippen molar-refractivity contribution in [1.29, 1.82) is 0 Å². The van der Waals surface area contributed by atoms with E-state index in [2.05, 4.69) is 0 Å². The average molecular weight is 238 g/mol. The third kappa shape index (κ3) is 1.57. The molecule has 0 amide bonds. The molecule has 1 saturated heterocycles. The number of hydrogen-bond donors (Lipinski definition) is 0. The molecular formula is C12H14O3S. The van der Waals surface area contributed by atoms with Crippen molar-refractivity contribution < 1.29 is 13.2 Å². The standard InChI is InChI=1S/C12H14O3S/c13-16(14,9-5-2-1-3-6-9)11-8-4-7-10-12(11)15-10/h1-3,5-6,10-12H,4,7-8H2. The van der Waals surface area contributed by atoms with E-state index in [1.165, 1.54) is 0 Å². The summed E-state index contributed by atoms with van der Waals surface area (Å²) in [6, 6.07) is 8.70. The van der Waals surface area contributed by atoms with Gasteiger partial charge in [0.1, 0.15) is 6.10 Å². The summed E-state index contributed by atoms with van der Waals surface area (Å²) >= 11 is 0. The fourth-order valence-electron chi connectivity index (χ4n) is 2.52. The second-order valence-corrected chi connectivity index (χ2v) is 6.63. The van der Waals surface area contributed by atoms with Crippen molar-refractivity contribution in [2.45, 2.75) is 41.6 Å². The summed E-state index contributed by atoms with van der Waals surface area (Å²) in [5.74, 6) is 0. The summed E-state index contributed by atoms with van der Waals surface area (Å²) in [4.78, 5) is 0.427. The van der Waals surface area contributed by atoms with Crippen LogP contribution in [0.5, 0.6) is 0 Å². The molecule has 0 N–H and O–H groups in total. The van der Waals surface area contributed by atoms with Crippen molar-refractivity contribution in [1.82, 2.24) is 0 Å². The number of fused-ring (bicyclic) bond motifs is 1. The lowest BCUT2D eigenvalue weighted by Gasteiger charge is -2.18. The van der Waals surface area contributed by atoms with Gasteiger partial charge >= 0.3 is 0 Å². The average Bonchev–Trinajstić information content (AvgIpc) is 3.08. The molecule has 1 saturated carbocycles. The molecule has 3 rings (SSSR count). The number of epoxide rings is 1. The number of sulfone groups is 1. The minimum absolute atomic E-state index is 0.0426. The largest absolute Gasteiger partial charge is 0.368 e. The SMILES string of the molecule is O=S(=O)(c1ccccc1)C1CCCC2OC21. The lowest BCUT2D eigenvalue weighted by atomic mass is 10.0. The molecule has 3 atom stereocenters. The van der Waals surface area contributed by atoms with Gasteiger partial charge in [-0.05, 0) is 31.4 Å². The first kappa shape index (κ1) is 10.3. The predicted molar refractivity (Wildman–Crippen MR) is 59.9 cm³/mol. The zero-order valence-electron chi connectivity index (χ0n) is 8.87. The Morgan fingerprint density at radius 1 is 1.12 bits per heavy atom. The van der Waals surface area contributed by atoms with Gasteiger partial charge in [-0.2, -0.15) is 0 Å². The van der Waals surface area contributed by atoms with E-state index in [1.54, 1.807) is 24.3 Å². The molecule has 0 radical (unpaired) electrons. The van der Waals surface area contributed by atoms with Gasteiger partial charge in [-0.1, -0.05) is 18.2 Å². The Hall–Kier alpha value is -0.870. The van der Waals surface area contributed by atoms with Gasteiger partial charge in [0.05, 0.1) is 16.2 Å². The quantitative estimate of drug-likeness (QED) is 0.738. The van der Waals surface area contributed by atoms with E-state index in [-0.39, 0.29) is 17.5 Å². The van der Waals surface area contributed by atoms with Gasteiger partial charge in [0.25, 0.3) is 0 Å². The van der Waals surface area contributed by atoms with E-state index < -0.39 is 9.84 Å². The molecule has 1 aromatic rings. The maximum atomic E-state index is 12.3. The first-order valence-corrected chi connectivity index (χ1v) is 7.18. The lowest BCUT2D eigenvalue weighted by molar-refractivity contribution is 0.372. The van der Waals surface area contributed by atoms with Crippen LogP contribution in [-0.2, 0) is 14.6 Å². The van der Waals surface area contributed by atoms with E-state index >= 15 is 0 Å². The summed E-state index contributed by atoms with van der Waals surface area (Å²) in [6.07, 6.45) is 2.87. The Kier molecular flexibility index (Phi) is 2.30. The van der Waals surface area contributed by atoms with Gasteiger partial charge in [-0.25, -0.2) is 8.42 Å². The van der Waals surface area contributed by atoms with Crippen LogP contribution < -0.4 is 0 Å². The van der Waals surface area contributed by atoms with Gasteiger partial charge < -0.3 is 4.74 Å². The summed E-state index contributed by atoms with van der Waals surface area (Å²) in [6.45, 7) is 0. The maximum Gasteiger partial charge on any atom is 0.183 e. The summed E-state index contributed by atoms with van der Waals surface area (Å²) < 4.78 is 30.1. The number of rotatable bonds is 2. The van der Waals surface area contributed by atoms with Crippen molar-refractivity contribution in [2.24, 2.45) is 0 Å². The molecule has 86 valence electrons. The van der Waals surface area contributed by atoms with Crippen molar-refractivity contribution in [2.75, 3.05) is 0 Å². The Balaban J connectivity index is 1.94. The Bertz CT molecular complexity index is 480. The fourth-order valence-corrected chi connectivity index (χ4v) is 4.47. The van der Waals surface area contributed by atoms with Gasteiger partial charge in [0, 0.05) is 0 Å². The van der Waals surface area contributed by atoms with Crippen molar-refractivity contribution in [3.8, 4) is 0 Å². The predicted octanol–water partition coefficient (Wildman–Crippen LogP) is 1.78. The van der Waals surface area contributed by atoms with Crippen LogP contribution >= 0.6 is 0 Å². The smallest absolute Gasteiger partial charge is 0.183 e. The van der Waals surface area contributed by atoms with Crippen molar-refractivity contribution in [3.63, 3.8) is 0 Å². The van der Waals surface area contributed by atoms with E-state index in [0.29, 0.717) is 4.90 Å². The van der Waals surface area contributed by atoms with Crippen LogP contribution in [0.15, 0.2) is 35.2 Å². The molecule has 1 aliphatic heterocycles. The molecule has 3 unspecified atom stereocenters. The molecule has 2 fully saturated rings. The van der Waals surface area contributed by atoms with Gasteiger partial charge in [0.15, 0.2) is 9.84 Å². The third-order valence-corrected chi connectivity index (χ3v) is 5.67. The van der Waals surface area contributed by atoms with Crippen LogP contribution in [0.2, 0.25) is 0 Å². The maximum absolute atomic E-state index is 12.3. The van der Waals surface area contributed by atoms with E-state index in [4.69, 9.17) is 4.74 Å². The molecule has 1 aromatic carbocycles. The molecule has 0 bridgehead atoms. The first-order valence-electron chi connectivity index (χ1n) is 5.64. The summed E-state index contributed by atoms with van der Waals surface area (Å²) in [5.41, 5.74) is 0. The zero-order chi connectivity index (χ0) is 11.2.